The average molecular weight is 375 g/mol. The summed E-state index contributed by atoms with van der Waals surface area (Å²) >= 11 is 0. The van der Waals surface area contributed by atoms with Crippen LogP contribution < -0.4 is 15.5 Å². The van der Waals surface area contributed by atoms with Crippen LogP contribution in [-0.4, -0.2) is 36.3 Å². The van der Waals surface area contributed by atoms with Gasteiger partial charge in [-0.05, 0) is 30.7 Å². The van der Waals surface area contributed by atoms with Gasteiger partial charge < -0.3 is 20.3 Å². The number of benzene rings is 2. The van der Waals surface area contributed by atoms with Gasteiger partial charge in [-0.2, -0.15) is 4.98 Å². The van der Waals surface area contributed by atoms with Gasteiger partial charge in [0.25, 0.3) is 0 Å². The first kappa shape index (κ1) is 18.3. The SMILES string of the molecule is Cc1ccc(CNc2nccc(Nc3ccccc3N3CCOCC3)n2)cc1. The fourth-order valence-corrected chi connectivity index (χ4v) is 3.20. The van der Waals surface area contributed by atoms with Crippen molar-refractivity contribution in [3.05, 3.63) is 71.9 Å². The van der Waals surface area contributed by atoms with Crippen molar-refractivity contribution >= 4 is 23.1 Å². The highest BCUT2D eigenvalue weighted by molar-refractivity contribution is 5.74. The van der Waals surface area contributed by atoms with Gasteiger partial charge in [-0.3, -0.25) is 0 Å². The molecule has 0 radical (unpaired) electrons. The van der Waals surface area contributed by atoms with Gasteiger partial charge in [0.1, 0.15) is 5.82 Å². The van der Waals surface area contributed by atoms with E-state index in [0.717, 1.165) is 37.8 Å². The Morgan fingerprint density at radius 3 is 2.61 bits per heavy atom. The van der Waals surface area contributed by atoms with Crippen LogP contribution in [0.5, 0.6) is 0 Å². The first-order chi connectivity index (χ1) is 13.8. The van der Waals surface area contributed by atoms with E-state index >= 15 is 0 Å². The first-order valence-electron chi connectivity index (χ1n) is 9.59. The van der Waals surface area contributed by atoms with Crippen molar-refractivity contribution in [2.75, 3.05) is 41.8 Å². The zero-order valence-electron chi connectivity index (χ0n) is 16.1. The summed E-state index contributed by atoms with van der Waals surface area (Å²) in [6.45, 7) is 6.08. The maximum absolute atomic E-state index is 5.47. The van der Waals surface area contributed by atoms with Gasteiger partial charge in [0.2, 0.25) is 5.95 Å². The van der Waals surface area contributed by atoms with Crippen LogP contribution >= 0.6 is 0 Å². The van der Waals surface area contributed by atoms with E-state index in [-0.39, 0.29) is 0 Å². The van der Waals surface area contributed by atoms with Crippen molar-refractivity contribution in [3.8, 4) is 0 Å². The van der Waals surface area contributed by atoms with E-state index in [1.165, 1.54) is 16.8 Å². The molecule has 28 heavy (non-hydrogen) atoms. The molecule has 1 saturated heterocycles. The van der Waals surface area contributed by atoms with Crippen LogP contribution in [-0.2, 0) is 11.3 Å². The highest BCUT2D eigenvalue weighted by Crippen LogP contribution is 2.28. The highest BCUT2D eigenvalue weighted by atomic mass is 16.5. The second-order valence-electron chi connectivity index (χ2n) is 6.85. The molecule has 0 unspecified atom stereocenters. The van der Waals surface area contributed by atoms with Crippen LogP contribution in [0.2, 0.25) is 0 Å². The van der Waals surface area contributed by atoms with Crippen molar-refractivity contribution in [1.29, 1.82) is 0 Å². The number of nitrogens with zero attached hydrogens (tertiary/aromatic N) is 3. The molecule has 1 aliphatic heterocycles. The molecule has 3 aromatic rings. The van der Waals surface area contributed by atoms with E-state index in [4.69, 9.17) is 4.74 Å². The Bertz CT molecular complexity index is 907. The van der Waals surface area contributed by atoms with Gasteiger partial charge in [-0.1, -0.05) is 42.0 Å². The number of rotatable bonds is 6. The lowest BCUT2D eigenvalue weighted by molar-refractivity contribution is 0.123. The van der Waals surface area contributed by atoms with Crippen molar-refractivity contribution < 1.29 is 4.74 Å². The number of anilines is 4. The van der Waals surface area contributed by atoms with Crippen molar-refractivity contribution in [2.24, 2.45) is 0 Å². The molecule has 4 rings (SSSR count). The third-order valence-corrected chi connectivity index (χ3v) is 4.75. The molecule has 0 atom stereocenters. The van der Waals surface area contributed by atoms with Crippen molar-refractivity contribution in [1.82, 2.24) is 9.97 Å². The second-order valence-corrected chi connectivity index (χ2v) is 6.85. The molecule has 2 aromatic carbocycles. The quantitative estimate of drug-likeness (QED) is 0.680. The van der Waals surface area contributed by atoms with E-state index in [9.17, 15) is 0 Å². The fourth-order valence-electron chi connectivity index (χ4n) is 3.20. The maximum Gasteiger partial charge on any atom is 0.224 e. The Morgan fingerprint density at radius 1 is 1.00 bits per heavy atom. The molecule has 1 fully saturated rings. The molecule has 0 aliphatic carbocycles. The molecule has 144 valence electrons. The summed E-state index contributed by atoms with van der Waals surface area (Å²) < 4.78 is 5.47. The molecular weight excluding hydrogens is 350 g/mol. The van der Waals surface area contributed by atoms with Gasteiger partial charge in [-0.25, -0.2) is 4.98 Å². The lowest BCUT2D eigenvalue weighted by atomic mass is 10.1. The molecule has 0 bridgehead atoms. The topological polar surface area (TPSA) is 62.3 Å². The van der Waals surface area contributed by atoms with E-state index in [0.29, 0.717) is 12.5 Å². The molecule has 2 heterocycles. The summed E-state index contributed by atoms with van der Waals surface area (Å²) in [6, 6.07) is 18.6. The predicted molar refractivity (Wildman–Crippen MR) is 113 cm³/mol. The van der Waals surface area contributed by atoms with Gasteiger partial charge in [0, 0.05) is 25.8 Å². The number of nitrogens with one attached hydrogen (secondary N) is 2. The molecule has 0 amide bonds. The summed E-state index contributed by atoms with van der Waals surface area (Å²) in [4.78, 5) is 11.3. The molecule has 6 nitrogen and oxygen atoms in total. The van der Waals surface area contributed by atoms with Crippen LogP contribution in [0, 0.1) is 6.92 Å². The minimum absolute atomic E-state index is 0.606. The number of hydrogen-bond acceptors (Lipinski definition) is 6. The number of para-hydroxylation sites is 2. The summed E-state index contributed by atoms with van der Waals surface area (Å²) in [5, 5.41) is 6.74. The number of aromatic nitrogens is 2. The number of aryl methyl sites for hydroxylation is 1. The Kier molecular flexibility index (Phi) is 5.68. The summed E-state index contributed by atoms with van der Waals surface area (Å²) in [5.41, 5.74) is 4.65. The Labute approximate surface area is 165 Å². The number of ether oxygens (including phenoxy) is 1. The third-order valence-electron chi connectivity index (χ3n) is 4.75. The Balaban J connectivity index is 1.45. The van der Waals surface area contributed by atoms with E-state index in [2.05, 4.69) is 74.9 Å². The van der Waals surface area contributed by atoms with E-state index in [1.807, 2.05) is 12.1 Å². The molecule has 0 spiro atoms. The van der Waals surface area contributed by atoms with Crippen LogP contribution in [0.25, 0.3) is 0 Å². The summed E-state index contributed by atoms with van der Waals surface area (Å²) in [7, 11) is 0. The standard InChI is InChI=1S/C22H25N5O/c1-17-6-8-18(9-7-17)16-24-22-23-11-10-21(26-22)25-19-4-2-3-5-20(19)27-12-14-28-15-13-27/h2-11H,12-16H2,1H3,(H2,23,24,25,26). The van der Waals surface area contributed by atoms with Crippen LogP contribution in [0.1, 0.15) is 11.1 Å². The Hall–Kier alpha value is -3.12. The van der Waals surface area contributed by atoms with Crippen molar-refractivity contribution in [3.63, 3.8) is 0 Å². The molecule has 1 aromatic heterocycles. The van der Waals surface area contributed by atoms with Gasteiger partial charge in [0.05, 0.1) is 24.6 Å². The smallest absolute Gasteiger partial charge is 0.224 e. The van der Waals surface area contributed by atoms with Crippen molar-refractivity contribution in [2.45, 2.75) is 13.5 Å². The average Bonchev–Trinajstić information content (AvgIpc) is 2.75. The highest BCUT2D eigenvalue weighted by Gasteiger charge is 2.14. The normalized spacial score (nSPS) is 14.0. The summed E-state index contributed by atoms with van der Waals surface area (Å²) in [5.74, 6) is 1.37. The van der Waals surface area contributed by atoms with Gasteiger partial charge >= 0.3 is 0 Å². The predicted octanol–water partition coefficient (Wildman–Crippen LogP) is 3.98. The second kappa shape index (κ2) is 8.71. The van der Waals surface area contributed by atoms with Gasteiger partial charge in [-0.15, -0.1) is 0 Å². The van der Waals surface area contributed by atoms with E-state index in [1.54, 1.807) is 6.20 Å². The lowest BCUT2D eigenvalue weighted by Gasteiger charge is -2.30. The lowest BCUT2D eigenvalue weighted by Crippen LogP contribution is -2.36. The molecular formula is C22H25N5O. The Morgan fingerprint density at radius 2 is 1.79 bits per heavy atom. The monoisotopic (exact) mass is 375 g/mol. The fraction of sp³-hybridized carbons (Fsp3) is 0.273. The maximum atomic E-state index is 5.47. The van der Waals surface area contributed by atoms with Crippen LogP contribution in [0.4, 0.5) is 23.1 Å². The number of morpholine rings is 1. The largest absolute Gasteiger partial charge is 0.378 e. The van der Waals surface area contributed by atoms with E-state index < -0.39 is 0 Å². The third kappa shape index (κ3) is 4.58. The zero-order chi connectivity index (χ0) is 19.2. The summed E-state index contributed by atoms with van der Waals surface area (Å²) in [6.07, 6.45) is 1.77. The zero-order valence-corrected chi connectivity index (χ0v) is 16.1. The first-order valence-corrected chi connectivity index (χ1v) is 9.59. The number of hydrogen-bond donors (Lipinski definition) is 2. The van der Waals surface area contributed by atoms with Crippen LogP contribution in [0.3, 0.4) is 0 Å². The van der Waals surface area contributed by atoms with Crippen LogP contribution in [0.15, 0.2) is 60.8 Å². The molecule has 0 saturated carbocycles. The molecule has 2 N–H and O–H groups in total. The molecule has 6 heteroatoms. The minimum Gasteiger partial charge on any atom is -0.378 e. The molecule has 1 aliphatic rings. The van der Waals surface area contributed by atoms with Gasteiger partial charge in [0.15, 0.2) is 0 Å². The minimum atomic E-state index is 0.606.